The molecule has 2 aromatic heterocycles. The van der Waals surface area contributed by atoms with Crippen LogP contribution in [0.3, 0.4) is 0 Å². The number of likely N-dealkylation sites (N-methyl/N-ethyl adjacent to an activating group) is 1. The number of thiazole rings is 1. The van der Waals surface area contributed by atoms with Gasteiger partial charge in [-0.05, 0) is 44.6 Å². The molecule has 3 N–H and O–H groups in total. The Morgan fingerprint density at radius 1 is 1.11 bits per heavy atom. The molecule has 0 radical (unpaired) electrons. The Balaban J connectivity index is 1.22. The van der Waals surface area contributed by atoms with E-state index in [0.717, 1.165) is 62.6 Å². The summed E-state index contributed by atoms with van der Waals surface area (Å²) in [5.41, 5.74) is 7.39. The smallest absolute Gasteiger partial charge is 0.248 e. The first kappa shape index (κ1) is 31.8. The quantitative estimate of drug-likeness (QED) is 0.272. The van der Waals surface area contributed by atoms with Gasteiger partial charge in [0.25, 0.3) is 0 Å². The number of hydrogen-bond acceptors (Lipinski definition) is 10. The summed E-state index contributed by atoms with van der Waals surface area (Å²) < 4.78 is 37.8. The second-order valence-electron chi connectivity index (χ2n) is 12.2. The lowest BCUT2D eigenvalue weighted by atomic mass is 10.00. The number of halogens is 3. The van der Waals surface area contributed by atoms with E-state index in [2.05, 4.69) is 37.0 Å². The van der Waals surface area contributed by atoms with Crippen molar-refractivity contribution in [2.24, 2.45) is 0 Å². The van der Waals surface area contributed by atoms with Gasteiger partial charge < -0.3 is 35.4 Å². The van der Waals surface area contributed by atoms with Crippen molar-refractivity contribution in [3.8, 4) is 17.0 Å². The summed E-state index contributed by atoms with van der Waals surface area (Å²) in [7, 11) is 2.07. The largest absolute Gasteiger partial charge is 0.476 e. The second-order valence-corrected chi connectivity index (χ2v) is 13.7. The predicted octanol–water partition coefficient (Wildman–Crippen LogP) is 4.57. The standard InChI is InChI=1S/C33H37ClF2N8O2S/c1-41-9-2-3-20(41)19-46-26-18-25(43-13-15-44(16-14-43)27(45)6-10-42-11-7-38-8-12-42)22-17-23(34)28(29(36)30(22)39-26)21-4-5-24(35)32-31(21)40-33(37)47-32/h4-6,10,17-18,20,38H,2-3,7-9,11-16,19H2,1H3,(H2,37,40)/t20-/m0/s1. The van der Waals surface area contributed by atoms with Crippen molar-refractivity contribution in [1.82, 2.24) is 30.0 Å². The Hall–Kier alpha value is -3.78. The molecular formula is C33H37ClF2N8O2S. The molecule has 14 heteroatoms. The summed E-state index contributed by atoms with van der Waals surface area (Å²) in [6.07, 6.45) is 5.64. The van der Waals surface area contributed by atoms with Gasteiger partial charge in [0.15, 0.2) is 10.9 Å². The van der Waals surface area contributed by atoms with Crippen molar-refractivity contribution in [3.63, 3.8) is 0 Å². The Bertz CT molecular complexity index is 1840. The lowest BCUT2D eigenvalue weighted by molar-refractivity contribution is -0.126. The van der Waals surface area contributed by atoms with Crippen LogP contribution in [0.1, 0.15) is 12.8 Å². The van der Waals surface area contributed by atoms with E-state index in [1.54, 1.807) is 12.1 Å². The minimum Gasteiger partial charge on any atom is -0.476 e. The van der Waals surface area contributed by atoms with E-state index in [4.69, 9.17) is 22.1 Å². The number of carbonyl (C=O) groups is 1. The third kappa shape index (κ3) is 6.41. The number of ether oxygens (including phenoxy) is 1. The van der Waals surface area contributed by atoms with Crippen LogP contribution < -0.4 is 20.7 Å². The number of nitrogens with two attached hydrogens (primary N) is 1. The monoisotopic (exact) mass is 682 g/mol. The summed E-state index contributed by atoms with van der Waals surface area (Å²) in [6, 6.07) is 6.52. The van der Waals surface area contributed by atoms with Gasteiger partial charge in [-0.1, -0.05) is 22.9 Å². The lowest BCUT2D eigenvalue weighted by Gasteiger charge is -2.36. The molecule has 47 heavy (non-hydrogen) atoms. The molecule has 5 heterocycles. The topological polar surface area (TPSA) is 103 Å². The summed E-state index contributed by atoms with van der Waals surface area (Å²) >= 11 is 7.83. The zero-order valence-corrected chi connectivity index (χ0v) is 27.7. The van der Waals surface area contributed by atoms with E-state index in [-0.39, 0.29) is 43.4 Å². The van der Waals surface area contributed by atoms with Crippen molar-refractivity contribution < 1.29 is 18.3 Å². The highest BCUT2D eigenvalue weighted by Gasteiger charge is 2.27. The lowest BCUT2D eigenvalue weighted by Crippen LogP contribution is -2.48. The molecule has 0 unspecified atom stereocenters. The van der Waals surface area contributed by atoms with Crippen molar-refractivity contribution >= 4 is 60.8 Å². The number of aromatic nitrogens is 2. The van der Waals surface area contributed by atoms with Crippen LogP contribution >= 0.6 is 22.9 Å². The minimum absolute atomic E-state index is 0.0282. The number of rotatable bonds is 7. The van der Waals surface area contributed by atoms with Crippen LogP contribution in [-0.2, 0) is 4.79 Å². The molecule has 3 saturated heterocycles. The molecule has 3 aliphatic heterocycles. The first-order valence-corrected chi connectivity index (χ1v) is 17.1. The van der Waals surface area contributed by atoms with Gasteiger partial charge in [0.1, 0.15) is 17.9 Å². The van der Waals surface area contributed by atoms with Gasteiger partial charge in [-0.25, -0.2) is 18.7 Å². The van der Waals surface area contributed by atoms with Crippen LogP contribution in [0.15, 0.2) is 36.5 Å². The SMILES string of the molecule is CN1CCC[C@H]1COc1cc(N2CCN(C(=O)C=CN3CCNCC3)CC2)c2cc(Cl)c(-c3ccc(F)c4sc(N)nc34)c(F)c2n1. The van der Waals surface area contributed by atoms with Crippen LogP contribution in [-0.4, -0.2) is 109 Å². The minimum atomic E-state index is -0.650. The fraction of sp³-hybridized carbons (Fsp3) is 0.424. The van der Waals surface area contributed by atoms with E-state index in [1.807, 2.05) is 17.2 Å². The van der Waals surface area contributed by atoms with Crippen molar-refractivity contribution in [2.75, 3.05) is 83.2 Å². The number of nitrogen functional groups attached to an aromatic ring is 1. The van der Waals surface area contributed by atoms with Gasteiger partial charge in [-0.15, -0.1) is 0 Å². The number of piperazine rings is 2. The first-order chi connectivity index (χ1) is 22.8. The molecule has 0 aliphatic carbocycles. The first-order valence-electron chi connectivity index (χ1n) is 15.9. The Labute approximate surface area is 280 Å². The predicted molar refractivity (Wildman–Crippen MR) is 183 cm³/mol. The zero-order chi connectivity index (χ0) is 32.7. The average molecular weight is 683 g/mol. The van der Waals surface area contributed by atoms with Crippen LogP contribution in [0.4, 0.5) is 19.6 Å². The summed E-state index contributed by atoms with van der Waals surface area (Å²) in [6.45, 7) is 7.06. The molecule has 0 bridgehead atoms. The van der Waals surface area contributed by atoms with Gasteiger partial charge in [-0.2, -0.15) is 0 Å². The van der Waals surface area contributed by atoms with E-state index in [9.17, 15) is 9.18 Å². The molecule has 3 fully saturated rings. The fourth-order valence-corrected chi connectivity index (χ4v) is 7.73. The third-order valence-corrected chi connectivity index (χ3v) is 10.5. The molecule has 0 spiro atoms. The number of hydrogen-bond donors (Lipinski definition) is 2. The summed E-state index contributed by atoms with van der Waals surface area (Å²) in [5, 5.41) is 4.15. The zero-order valence-electron chi connectivity index (χ0n) is 26.1. The Morgan fingerprint density at radius 3 is 2.64 bits per heavy atom. The number of amides is 1. The maximum absolute atomic E-state index is 16.7. The summed E-state index contributed by atoms with van der Waals surface area (Å²) in [5.74, 6) is -0.859. The van der Waals surface area contributed by atoms with Crippen LogP contribution in [0.25, 0.3) is 32.2 Å². The molecule has 2 aromatic carbocycles. The highest BCUT2D eigenvalue weighted by molar-refractivity contribution is 7.22. The van der Waals surface area contributed by atoms with Crippen LogP contribution in [0.2, 0.25) is 5.02 Å². The van der Waals surface area contributed by atoms with Crippen molar-refractivity contribution in [2.45, 2.75) is 18.9 Å². The number of pyridine rings is 1. The molecule has 1 atom stereocenters. The van der Waals surface area contributed by atoms with Crippen LogP contribution in [0.5, 0.6) is 5.88 Å². The van der Waals surface area contributed by atoms with Gasteiger partial charge in [-0.3, -0.25) is 4.79 Å². The highest BCUT2D eigenvalue weighted by atomic mass is 35.5. The number of likely N-dealkylation sites (tertiary alicyclic amines) is 1. The number of benzene rings is 2. The molecule has 248 valence electrons. The maximum Gasteiger partial charge on any atom is 0.248 e. The van der Waals surface area contributed by atoms with Gasteiger partial charge in [0.2, 0.25) is 11.8 Å². The number of anilines is 2. The number of nitrogens with one attached hydrogen (secondary N) is 1. The molecule has 10 nitrogen and oxygen atoms in total. The maximum atomic E-state index is 16.7. The molecule has 0 saturated carbocycles. The fourth-order valence-electron chi connectivity index (χ4n) is 6.67. The molecule has 1 amide bonds. The highest BCUT2D eigenvalue weighted by Crippen LogP contribution is 2.43. The normalized spacial score (nSPS) is 19.5. The average Bonchev–Trinajstić information content (AvgIpc) is 3.69. The van der Waals surface area contributed by atoms with E-state index >= 15 is 4.39 Å². The number of fused-ring (bicyclic) bond motifs is 2. The van der Waals surface area contributed by atoms with E-state index < -0.39 is 11.6 Å². The van der Waals surface area contributed by atoms with Gasteiger partial charge >= 0.3 is 0 Å². The third-order valence-electron chi connectivity index (χ3n) is 9.34. The molecular weight excluding hydrogens is 646 g/mol. The summed E-state index contributed by atoms with van der Waals surface area (Å²) in [4.78, 5) is 30.3. The molecule has 4 aromatic rings. The Morgan fingerprint density at radius 2 is 1.89 bits per heavy atom. The Kier molecular flexibility index (Phi) is 9.05. The van der Waals surface area contributed by atoms with Crippen molar-refractivity contribution in [3.05, 3.63) is 53.2 Å². The number of carbonyl (C=O) groups excluding carboxylic acids is 1. The molecule has 7 rings (SSSR count). The van der Waals surface area contributed by atoms with E-state index in [1.165, 1.54) is 12.1 Å². The van der Waals surface area contributed by atoms with Gasteiger partial charge in [0, 0.05) is 93.3 Å². The second kappa shape index (κ2) is 13.4. The van der Waals surface area contributed by atoms with Crippen LogP contribution in [0, 0.1) is 11.6 Å². The number of nitrogens with zero attached hydrogens (tertiary/aromatic N) is 6. The van der Waals surface area contributed by atoms with Gasteiger partial charge in [0.05, 0.1) is 20.9 Å². The molecule has 3 aliphatic rings. The van der Waals surface area contributed by atoms with Crippen molar-refractivity contribution in [1.29, 1.82) is 0 Å². The van der Waals surface area contributed by atoms with E-state index in [0.29, 0.717) is 49.6 Å².